The fourth-order valence-corrected chi connectivity index (χ4v) is 8.71. The lowest BCUT2D eigenvalue weighted by Gasteiger charge is -2.38. The number of rotatable bonds is 17. The van der Waals surface area contributed by atoms with Gasteiger partial charge in [-0.3, -0.25) is 4.98 Å². The fraction of sp³-hybridized carbons (Fsp3) is 0.632. The molecule has 2 saturated heterocycles. The maximum absolute atomic E-state index is 12.3. The Morgan fingerprint density at radius 1 is 1.00 bits per heavy atom. The molecular formula is C38H60N6O6Si2. The smallest absolute Gasteiger partial charge is 0.407 e. The van der Waals surface area contributed by atoms with Crippen molar-refractivity contribution in [3.63, 3.8) is 0 Å². The van der Waals surface area contributed by atoms with Gasteiger partial charge in [0, 0.05) is 64.7 Å². The normalized spacial score (nSPS) is 19.3. The molecule has 5 rings (SSSR count). The van der Waals surface area contributed by atoms with Crippen molar-refractivity contribution in [1.82, 2.24) is 24.5 Å². The summed E-state index contributed by atoms with van der Waals surface area (Å²) in [6.07, 6.45) is 5.68. The van der Waals surface area contributed by atoms with Crippen molar-refractivity contribution in [3.8, 4) is 11.1 Å². The molecule has 2 aliphatic rings. The number of ether oxygens (including phenoxy) is 3. The van der Waals surface area contributed by atoms with E-state index < -0.39 is 27.8 Å². The van der Waals surface area contributed by atoms with Crippen LogP contribution in [0.3, 0.4) is 0 Å². The van der Waals surface area contributed by atoms with Crippen molar-refractivity contribution in [2.75, 3.05) is 38.2 Å². The number of nitrogens with zero attached hydrogens (tertiary/aromatic N) is 6. The van der Waals surface area contributed by atoms with Gasteiger partial charge in [-0.1, -0.05) is 51.9 Å². The second-order valence-electron chi connectivity index (χ2n) is 17.3. The summed E-state index contributed by atoms with van der Waals surface area (Å²) < 4.78 is 20.9. The van der Waals surface area contributed by atoms with Crippen molar-refractivity contribution in [1.29, 1.82) is 0 Å². The second kappa shape index (κ2) is 16.0. The molecule has 1 amide bonds. The van der Waals surface area contributed by atoms with Crippen LogP contribution in [0.25, 0.3) is 22.5 Å². The Morgan fingerprint density at radius 2 is 1.60 bits per heavy atom. The zero-order valence-electron chi connectivity index (χ0n) is 32.7. The highest BCUT2D eigenvalue weighted by Crippen LogP contribution is 2.46. The van der Waals surface area contributed by atoms with Crippen LogP contribution in [-0.2, 0) is 19.8 Å². The number of fused-ring (bicyclic) bond motifs is 3. The van der Waals surface area contributed by atoms with Crippen LogP contribution in [0.4, 0.5) is 10.6 Å². The molecule has 0 radical (unpaired) electrons. The second-order valence-corrected chi connectivity index (χ2v) is 28.6. The Hall–Kier alpha value is -3.31. The first-order chi connectivity index (χ1) is 24.4. The topological polar surface area (TPSA) is 135 Å². The molecule has 3 aromatic heterocycles. The molecule has 2 fully saturated rings. The third-order valence-electron chi connectivity index (χ3n) is 10.1. The van der Waals surface area contributed by atoms with Gasteiger partial charge < -0.3 is 34.2 Å². The fourth-order valence-electron chi connectivity index (χ4n) is 7.19. The van der Waals surface area contributed by atoms with Crippen LogP contribution < -0.4 is 4.90 Å². The van der Waals surface area contributed by atoms with Crippen LogP contribution >= 0.6 is 0 Å². The van der Waals surface area contributed by atoms with Crippen LogP contribution in [0.5, 0.6) is 0 Å². The van der Waals surface area contributed by atoms with Gasteiger partial charge in [-0.2, -0.15) is 9.61 Å². The molecule has 14 heteroatoms. The van der Waals surface area contributed by atoms with Gasteiger partial charge in [-0.15, -0.1) is 0 Å². The lowest BCUT2D eigenvalue weighted by Crippen LogP contribution is -2.45. The summed E-state index contributed by atoms with van der Waals surface area (Å²) in [5, 5.41) is 25.6. The molecule has 0 spiro atoms. The van der Waals surface area contributed by atoms with Crippen LogP contribution in [0.2, 0.25) is 51.4 Å². The van der Waals surface area contributed by atoms with Crippen molar-refractivity contribution in [2.24, 2.45) is 0 Å². The number of hydrogen-bond acceptors (Lipinski definition) is 9. The molecule has 2 N–H and O–H groups in total. The van der Waals surface area contributed by atoms with Gasteiger partial charge in [0.2, 0.25) is 0 Å². The number of carboxylic acid groups (broad SMARTS) is 1. The Bertz CT molecular complexity index is 1680. The van der Waals surface area contributed by atoms with E-state index in [1.807, 2.05) is 23.6 Å². The van der Waals surface area contributed by atoms with Crippen LogP contribution in [0, 0.1) is 0 Å². The third kappa shape index (κ3) is 9.43. The molecule has 0 aliphatic carbocycles. The van der Waals surface area contributed by atoms with E-state index >= 15 is 0 Å². The van der Waals surface area contributed by atoms with E-state index in [2.05, 4.69) is 55.7 Å². The summed E-state index contributed by atoms with van der Waals surface area (Å²) in [4.78, 5) is 26.0. The molecule has 2 atom stereocenters. The number of aliphatic hydroxyl groups is 1. The quantitative estimate of drug-likeness (QED) is 0.0608. The predicted octanol–water partition coefficient (Wildman–Crippen LogP) is 7.85. The lowest BCUT2D eigenvalue weighted by atomic mass is 9.85. The molecule has 2 unspecified atom stereocenters. The standard InChI is InChI=1S/C38H60N6O6Si2/c1-11-50-26(2)33-34(28-20-29-13-14-30(21-28)43(29)37(45)46)41-35-31(27-12-15-32(39-22-27)38(3,4)47)23-40-44(35)36(33)42(24-48-16-18-51(5,6)7)25-49-17-19-52(8,9)10/h12,15,22-23,28-30,47H,2,11,13-14,16-21,24-25H2,1,3-10H3,(H,45,46). The van der Waals surface area contributed by atoms with E-state index in [4.69, 9.17) is 24.3 Å². The van der Waals surface area contributed by atoms with Gasteiger partial charge >= 0.3 is 6.09 Å². The van der Waals surface area contributed by atoms with Crippen molar-refractivity contribution < 1.29 is 29.2 Å². The number of pyridine rings is 1. The summed E-state index contributed by atoms with van der Waals surface area (Å²) >= 11 is 0. The molecule has 286 valence electrons. The van der Waals surface area contributed by atoms with E-state index in [0.29, 0.717) is 49.8 Å². The van der Waals surface area contributed by atoms with Crippen molar-refractivity contribution in [2.45, 2.75) is 121 Å². The van der Waals surface area contributed by atoms with Crippen molar-refractivity contribution >= 4 is 39.5 Å². The molecule has 3 aromatic rings. The highest BCUT2D eigenvalue weighted by atomic mass is 28.3. The Kier molecular flexibility index (Phi) is 12.3. The zero-order valence-corrected chi connectivity index (χ0v) is 34.7. The first kappa shape index (κ1) is 39.9. The average Bonchev–Trinajstić information content (AvgIpc) is 3.59. The largest absolute Gasteiger partial charge is 0.494 e. The van der Waals surface area contributed by atoms with Gasteiger partial charge in [0.1, 0.15) is 30.6 Å². The SMILES string of the molecule is C=C(OCC)c1c(C2CC3CCC(C2)N3C(=O)O)nc2c(-c3ccc(C(C)(C)O)nc3)cnn2c1N(COCC[Si](C)(C)C)COCC[Si](C)(C)C. The molecule has 5 heterocycles. The Balaban J connectivity index is 1.69. The summed E-state index contributed by atoms with van der Waals surface area (Å²) in [7, 11) is -2.69. The molecule has 2 aliphatic heterocycles. The maximum atomic E-state index is 12.3. The Labute approximate surface area is 311 Å². The van der Waals surface area contributed by atoms with Crippen LogP contribution in [0.1, 0.15) is 69.3 Å². The van der Waals surface area contributed by atoms with E-state index in [1.54, 1.807) is 31.1 Å². The molecular weight excluding hydrogens is 693 g/mol. The average molecular weight is 753 g/mol. The van der Waals surface area contributed by atoms with Gasteiger partial charge in [0.25, 0.3) is 0 Å². The number of aromatic nitrogens is 4. The monoisotopic (exact) mass is 752 g/mol. The summed E-state index contributed by atoms with van der Waals surface area (Å²) in [5.74, 6) is 1.17. The number of anilines is 1. The number of amides is 1. The third-order valence-corrected chi connectivity index (χ3v) is 13.5. The lowest BCUT2D eigenvalue weighted by molar-refractivity contribution is 0.0738. The summed E-state index contributed by atoms with van der Waals surface area (Å²) in [6, 6.07) is 5.66. The highest BCUT2D eigenvalue weighted by molar-refractivity contribution is 6.76. The summed E-state index contributed by atoms with van der Waals surface area (Å²) in [6.45, 7) is 26.1. The van der Waals surface area contributed by atoms with Crippen molar-refractivity contribution in [3.05, 3.63) is 48.1 Å². The molecule has 2 bridgehead atoms. The minimum atomic E-state index is -1.35. The molecule has 0 aromatic carbocycles. The van der Waals surface area contributed by atoms with Gasteiger partial charge in [0.15, 0.2) is 5.65 Å². The van der Waals surface area contributed by atoms with E-state index in [9.17, 15) is 15.0 Å². The Morgan fingerprint density at radius 3 is 2.08 bits per heavy atom. The van der Waals surface area contributed by atoms with E-state index in [0.717, 1.165) is 53.1 Å². The minimum Gasteiger partial charge on any atom is -0.494 e. The van der Waals surface area contributed by atoms with E-state index in [1.165, 1.54) is 0 Å². The van der Waals surface area contributed by atoms with Crippen LogP contribution in [0.15, 0.2) is 31.1 Å². The number of carbonyl (C=O) groups is 1. The first-order valence-electron chi connectivity index (χ1n) is 18.7. The molecule has 52 heavy (non-hydrogen) atoms. The zero-order chi connectivity index (χ0) is 38.0. The highest BCUT2D eigenvalue weighted by Gasteiger charge is 2.45. The van der Waals surface area contributed by atoms with E-state index in [-0.39, 0.29) is 31.5 Å². The predicted molar refractivity (Wildman–Crippen MR) is 211 cm³/mol. The summed E-state index contributed by atoms with van der Waals surface area (Å²) in [5.41, 5.74) is 3.29. The number of piperidine rings is 1. The van der Waals surface area contributed by atoms with Gasteiger partial charge in [-0.25, -0.2) is 9.78 Å². The molecule has 0 saturated carbocycles. The van der Waals surface area contributed by atoms with Crippen LogP contribution in [-0.4, -0.2) is 102 Å². The molecule has 12 nitrogen and oxygen atoms in total. The maximum Gasteiger partial charge on any atom is 0.407 e. The first-order valence-corrected chi connectivity index (χ1v) is 26.1. The minimum absolute atomic E-state index is 0.0371. The van der Waals surface area contributed by atoms with Gasteiger partial charge in [0.05, 0.1) is 29.8 Å². The van der Waals surface area contributed by atoms with Gasteiger partial charge in [-0.05, 0) is 64.6 Å². The number of hydrogen-bond donors (Lipinski definition) is 2.